The summed E-state index contributed by atoms with van der Waals surface area (Å²) in [7, 11) is -5.05. The molecule has 0 fully saturated rings. The van der Waals surface area contributed by atoms with Crippen LogP contribution >= 0.6 is 0 Å². The molecule has 0 aromatic heterocycles. The molecule has 7 nitrogen and oxygen atoms in total. The molecule has 0 N–H and O–H groups in total. The second kappa shape index (κ2) is 46.3. The fourth-order valence-corrected chi connectivity index (χ4v) is 8.91. The van der Waals surface area contributed by atoms with Crippen LogP contribution in [0.1, 0.15) is 279 Å². The molecular weight excluding hydrogens is 832 g/mol. The van der Waals surface area contributed by atoms with Gasteiger partial charge in [0.25, 0.3) is 0 Å². The number of rotatable bonds is 45. The summed E-state index contributed by atoms with van der Waals surface area (Å²) >= 11 is 0. The molecule has 0 saturated carbocycles. The zero-order valence-electron chi connectivity index (χ0n) is 41.1. The maximum Gasteiger partial charge on any atom is 1.00 e. The van der Waals surface area contributed by atoms with Crippen molar-refractivity contribution in [3.05, 3.63) is 53.6 Å². The first-order valence-electron chi connectivity index (χ1n) is 26.1. The number of unbranched alkanes of at least 4 members (excludes halogenated alkanes) is 36. The average Bonchev–Trinajstić information content (AvgIpc) is 3.26. The number of benzene rings is 1. The third kappa shape index (κ3) is 37.9. The van der Waals surface area contributed by atoms with Crippen molar-refractivity contribution in [1.82, 2.24) is 0 Å². The number of carbonyl (C=O) groups is 2. The summed E-state index contributed by atoms with van der Waals surface area (Å²) in [5, 5.41) is 0. The molecule has 0 aliphatic rings. The van der Waals surface area contributed by atoms with Crippen LogP contribution in [-0.4, -0.2) is 38.1 Å². The quantitative estimate of drug-likeness (QED) is 0.0211. The zero-order chi connectivity index (χ0) is 45.0. The molecule has 0 aliphatic heterocycles. The van der Waals surface area contributed by atoms with Crippen LogP contribution in [0.2, 0.25) is 0 Å². The van der Waals surface area contributed by atoms with Crippen molar-refractivity contribution in [2.24, 2.45) is 0 Å². The van der Waals surface area contributed by atoms with Gasteiger partial charge in [-0.15, -0.1) is 0 Å². The number of carbonyl (C=O) groups excluding carboxylic acids is 2. The van der Waals surface area contributed by atoms with Gasteiger partial charge in [-0.1, -0.05) is 263 Å². The van der Waals surface area contributed by atoms with E-state index in [2.05, 4.69) is 13.8 Å². The van der Waals surface area contributed by atoms with E-state index < -0.39 is 32.5 Å². The summed E-state index contributed by atoms with van der Waals surface area (Å²) in [6.45, 7) is 4.43. The number of allylic oxidation sites excluding steroid dienone is 2. The molecular formula is C54H93KO7S. The first kappa shape index (κ1) is 62.2. The van der Waals surface area contributed by atoms with E-state index in [-0.39, 0.29) is 70.2 Å². The largest absolute Gasteiger partial charge is 1.00 e. The first-order chi connectivity index (χ1) is 30.3. The second-order valence-electron chi connectivity index (χ2n) is 17.9. The summed E-state index contributed by atoms with van der Waals surface area (Å²) in [6, 6.07) is 3.55. The predicted octanol–water partition coefficient (Wildman–Crippen LogP) is 13.9. The van der Waals surface area contributed by atoms with E-state index in [1.165, 1.54) is 224 Å². The Hall–Kier alpha value is -0.814. The van der Waals surface area contributed by atoms with Crippen LogP contribution in [-0.2, 0) is 19.6 Å². The molecule has 0 bridgehead atoms. The Labute approximate surface area is 431 Å². The van der Waals surface area contributed by atoms with Crippen LogP contribution in [0.15, 0.2) is 47.4 Å². The molecule has 0 spiro atoms. The normalized spacial score (nSPS) is 11.7. The van der Waals surface area contributed by atoms with Crippen molar-refractivity contribution in [3.63, 3.8) is 0 Å². The minimum atomic E-state index is -5.05. The Kier molecular flexibility index (Phi) is 45.7. The second-order valence-corrected chi connectivity index (χ2v) is 19.2. The van der Waals surface area contributed by atoms with Crippen LogP contribution in [0.3, 0.4) is 0 Å². The van der Waals surface area contributed by atoms with E-state index in [0.29, 0.717) is 0 Å². The van der Waals surface area contributed by atoms with Gasteiger partial charge in [0.15, 0.2) is 0 Å². The molecule has 0 saturated heterocycles. The van der Waals surface area contributed by atoms with E-state index >= 15 is 0 Å². The number of hydrogen-bond acceptors (Lipinski definition) is 7. The first-order valence-corrected chi connectivity index (χ1v) is 27.5. The van der Waals surface area contributed by atoms with E-state index in [1.54, 1.807) is 12.2 Å². The van der Waals surface area contributed by atoms with Crippen molar-refractivity contribution in [1.29, 1.82) is 0 Å². The van der Waals surface area contributed by atoms with Crippen molar-refractivity contribution in [2.75, 3.05) is 13.2 Å². The van der Waals surface area contributed by atoms with Gasteiger partial charge >= 0.3 is 63.3 Å². The Morgan fingerprint density at radius 3 is 1.03 bits per heavy atom. The number of ether oxygens (including phenoxy) is 2. The maximum absolute atomic E-state index is 13.0. The predicted molar refractivity (Wildman–Crippen MR) is 260 cm³/mol. The Bertz CT molecular complexity index is 1380. The zero-order valence-corrected chi connectivity index (χ0v) is 45.0. The summed E-state index contributed by atoms with van der Waals surface area (Å²) in [4.78, 5) is 25.2. The van der Waals surface area contributed by atoms with Gasteiger partial charge in [0.05, 0.1) is 16.0 Å². The summed E-state index contributed by atoms with van der Waals surface area (Å²) < 4.78 is 46.7. The standard InChI is InChI=1S/C54H94O7S.K/c1-3-5-7-9-11-13-15-17-19-21-23-25-27-29-31-33-35-37-39-41-43-48-60-53(55)50-46-45-47-51(62(57,58)59)52(50)54(56)61-49-44-42-40-38-36-34-32-30-28-26-24-22-20-18-16-14-12-10-8-6-4-2;/h41-47H,3-40,48-49H2,1-2H3,(H,57,58,59);/q;+1/p-1/b43-41+,44-42+;. The molecule has 0 amide bonds. The van der Waals surface area contributed by atoms with E-state index in [0.717, 1.165) is 38.2 Å². The summed E-state index contributed by atoms with van der Waals surface area (Å²) in [5.41, 5.74) is -0.876. The van der Waals surface area contributed by atoms with Gasteiger partial charge < -0.3 is 14.0 Å². The maximum atomic E-state index is 13.0. The summed E-state index contributed by atoms with van der Waals surface area (Å²) in [5.74, 6) is -1.93. The van der Waals surface area contributed by atoms with Gasteiger partial charge in [-0.2, -0.15) is 0 Å². The minimum absolute atomic E-state index is 0. The molecule has 0 aliphatic carbocycles. The van der Waals surface area contributed by atoms with Crippen LogP contribution in [0.4, 0.5) is 0 Å². The third-order valence-corrected chi connectivity index (χ3v) is 13.0. The number of esters is 2. The van der Waals surface area contributed by atoms with Crippen molar-refractivity contribution >= 4 is 22.1 Å². The van der Waals surface area contributed by atoms with Gasteiger partial charge in [0.1, 0.15) is 23.3 Å². The van der Waals surface area contributed by atoms with E-state index in [4.69, 9.17) is 9.47 Å². The van der Waals surface area contributed by atoms with Gasteiger partial charge in [0.2, 0.25) is 0 Å². The smallest absolute Gasteiger partial charge is 0.744 e. The molecule has 1 aromatic rings. The molecule has 358 valence electrons. The fourth-order valence-electron chi connectivity index (χ4n) is 8.22. The van der Waals surface area contributed by atoms with Gasteiger partial charge in [-0.25, -0.2) is 18.0 Å². The van der Waals surface area contributed by atoms with Gasteiger partial charge in [-0.3, -0.25) is 0 Å². The average molecular weight is 925 g/mol. The topological polar surface area (TPSA) is 110 Å². The molecule has 1 aromatic carbocycles. The van der Waals surface area contributed by atoms with Crippen LogP contribution < -0.4 is 51.4 Å². The van der Waals surface area contributed by atoms with E-state index in [1.807, 2.05) is 12.2 Å². The molecule has 0 radical (unpaired) electrons. The molecule has 1 rings (SSSR count). The SMILES string of the molecule is CCCCCCCCCCCCCCCCCCCC/C=C/COC(=O)c1cccc(S(=O)(=O)[O-])c1C(=O)OC/C=C/CCCCCCCCCCCCCCCCCCCC.[K+]. The molecule has 0 unspecified atom stereocenters. The monoisotopic (exact) mass is 925 g/mol. The van der Waals surface area contributed by atoms with Gasteiger partial charge in [0, 0.05) is 0 Å². The fraction of sp³-hybridized carbons (Fsp3) is 0.778. The Balaban J connectivity index is 0.0000384. The molecule has 9 heteroatoms. The molecule has 0 heterocycles. The van der Waals surface area contributed by atoms with Crippen LogP contribution in [0.5, 0.6) is 0 Å². The molecule has 0 atom stereocenters. The Morgan fingerprint density at radius 1 is 0.444 bits per heavy atom. The number of hydrogen-bond donors (Lipinski definition) is 0. The van der Waals surface area contributed by atoms with Crippen molar-refractivity contribution in [3.8, 4) is 0 Å². The van der Waals surface area contributed by atoms with E-state index in [9.17, 15) is 22.6 Å². The minimum Gasteiger partial charge on any atom is -0.744 e. The van der Waals surface area contributed by atoms with Crippen LogP contribution in [0.25, 0.3) is 0 Å². The summed E-state index contributed by atoms with van der Waals surface area (Å²) in [6.07, 6.45) is 57.2. The molecule has 63 heavy (non-hydrogen) atoms. The third-order valence-electron chi connectivity index (χ3n) is 12.1. The van der Waals surface area contributed by atoms with Gasteiger partial charge in [-0.05, 0) is 37.8 Å². The van der Waals surface area contributed by atoms with Crippen molar-refractivity contribution in [2.45, 2.75) is 263 Å². The van der Waals surface area contributed by atoms with Crippen LogP contribution in [0, 0.1) is 0 Å². The Morgan fingerprint density at radius 2 is 0.730 bits per heavy atom. The van der Waals surface area contributed by atoms with Crippen molar-refractivity contribution < 1.29 is 83.4 Å².